The van der Waals surface area contributed by atoms with Gasteiger partial charge in [0.2, 0.25) is 0 Å². The van der Waals surface area contributed by atoms with E-state index in [9.17, 15) is 0 Å². The lowest BCUT2D eigenvalue weighted by Gasteiger charge is -2.22. The number of aromatic nitrogens is 1. The van der Waals surface area contributed by atoms with Gasteiger partial charge in [0.1, 0.15) is 5.52 Å². The summed E-state index contributed by atoms with van der Waals surface area (Å²) >= 11 is 5.77. The van der Waals surface area contributed by atoms with Gasteiger partial charge in [-0.1, -0.05) is 26.0 Å². The van der Waals surface area contributed by atoms with Crippen LogP contribution in [0.15, 0.2) is 28.7 Å². The first-order valence-electron chi connectivity index (χ1n) is 5.76. The van der Waals surface area contributed by atoms with E-state index in [2.05, 4.69) is 24.1 Å². The number of hydrogen-bond acceptors (Lipinski definition) is 3. The molecule has 0 aliphatic rings. The molecule has 1 aromatic carbocycles. The standard InChI is InChI=1S/C13H17ClN2O/c1-13(2,7-8-14)9-15-12-16-10-5-3-4-6-11(10)17-12/h3-6H,7-9H2,1-2H3,(H,15,16). The SMILES string of the molecule is CC(C)(CCCl)CNc1nc2ccccc2o1. The molecule has 1 N–H and O–H groups in total. The fourth-order valence-electron chi connectivity index (χ4n) is 1.61. The van der Waals surface area contributed by atoms with E-state index in [1.807, 2.05) is 24.3 Å². The minimum absolute atomic E-state index is 0.141. The third kappa shape index (κ3) is 3.13. The van der Waals surface area contributed by atoms with Crippen LogP contribution in [-0.4, -0.2) is 17.4 Å². The van der Waals surface area contributed by atoms with Gasteiger partial charge in [-0.15, -0.1) is 11.6 Å². The lowest BCUT2D eigenvalue weighted by Crippen LogP contribution is -2.23. The largest absolute Gasteiger partial charge is 0.424 e. The van der Waals surface area contributed by atoms with Gasteiger partial charge in [0.05, 0.1) is 0 Å². The number of benzene rings is 1. The van der Waals surface area contributed by atoms with Gasteiger partial charge in [-0.05, 0) is 24.0 Å². The molecule has 17 heavy (non-hydrogen) atoms. The number of para-hydroxylation sites is 2. The highest BCUT2D eigenvalue weighted by molar-refractivity contribution is 6.17. The van der Waals surface area contributed by atoms with Crippen LogP contribution in [0.1, 0.15) is 20.3 Å². The summed E-state index contributed by atoms with van der Waals surface area (Å²) in [5, 5.41) is 3.22. The van der Waals surface area contributed by atoms with Gasteiger partial charge < -0.3 is 9.73 Å². The zero-order chi connectivity index (χ0) is 12.3. The minimum atomic E-state index is 0.141. The molecule has 4 heteroatoms. The van der Waals surface area contributed by atoms with Crippen LogP contribution >= 0.6 is 11.6 Å². The third-order valence-corrected chi connectivity index (χ3v) is 2.97. The van der Waals surface area contributed by atoms with Crippen molar-refractivity contribution in [2.24, 2.45) is 5.41 Å². The Labute approximate surface area is 106 Å². The average molecular weight is 253 g/mol. The molecule has 1 heterocycles. The molecule has 0 atom stereocenters. The normalized spacial score (nSPS) is 11.9. The van der Waals surface area contributed by atoms with Crippen LogP contribution in [0.5, 0.6) is 0 Å². The first kappa shape index (κ1) is 12.2. The Morgan fingerprint density at radius 1 is 1.35 bits per heavy atom. The van der Waals surface area contributed by atoms with Crippen LogP contribution in [-0.2, 0) is 0 Å². The molecule has 0 bridgehead atoms. The van der Waals surface area contributed by atoms with Crippen LogP contribution in [0.2, 0.25) is 0 Å². The van der Waals surface area contributed by atoms with Gasteiger partial charge >= 0.3 is 0 Å². The number of halogens is 1. The van der Waals surface area contributed by atoms with Gasteiger partial charge in [0.25, 0.3) is 6.01 Å². The molecule has 0 aliphatic heterocycles. The molecule has 2 rings (SSSR count). The van der Waals surface area contributed by atoms with E-state index in [4.69, 9.17) is 16.0 Å². The van der Waals surface area contributed by atoms with Gasteiger partial charge in [0.15, 0.2) is 5.58 Å². The summed E-state index contributed by atoms with van der Waals surface area (Å²) in [6, 6.07) is 8.32. The highest BCUT2D eigenvalue weighted by atomic mass is 35.5. The Hall–Kier alpha value is -1.22. The number of rotatable bonds is 5. The van der Waals surface area contributed by atoms with E-state index in [-0.39, 0.29) is 5.41 Å². The third-order valence-electron chi connectivity index (χ3n) is 2.78. The summed E-state index contributed by atoms with van der Waals surface area (Å²) in [6.07, 6.45) is 0.960. The van der Waals surface area contributed by atoms with Crippen LogP contribution < -0.4 is 5.32 Å². The molecule has 0 radical (unpaired) electrons. The number of oxazole rings is 1. The second-order valence-corrected chi connectivity index (χ2v) is 5.32. The van der Waals surface area contributed by atoms with Gasteiger partial charge in [0, 0.05) is 12.4 Å². The fraction of sp³-hybridized carbons (Fsp3) is 0.462. The smallest absolute Gasteiger partial charge is 0.295 e. The first-order valence-corrected chi connectivity index (χ1v) is 6.30. The van der Waals surface area contributed by atoms with Crippen molar-refractivity contribution >= 4 is 28.7 Å². The zero-order valence-corrected chi connectivity index (χ0v) is 10.9. The van der Waals surface area contributed by atoms with Crippen LogP contribution in [0, 0.1) is 5.41 Å². The quantitative estimate of drug-likeness (QED) is 0.821. The van der Waals surface area contributed by atoms with Gasteiger partial charge in [-0.3, -0.25) is 0 Å². The molecule has 2 aromatic rings. The summed E-state index contributed by atoms with van der Waals surface area (Å²) in [6.45, 7) is 5.14. The predicted octanol–water partition coefficient (Wildman–Crippen LogP) is 3.89. The number of hydrogen-bond donors (Lipinski definition) is 1. The molecule has 3 nitrogen and oxygen atoms in total. The summed E-state index contributed by atoms with van der Waals surface area (Å²) in [4.78, 5) is 4.37. The number of nitrogens with one attached hydrogen (secondary N) is 1. The van der Waals surface area contributed by atoms with Crippen molar-refractivity contribution in [2.45, 2.75) is 20.3 Å². The highest BCUT2D eigenvalue weighted by Crippen LogP contribution is 2.23. The van der Waals surface area contributed by atoms with Crippen molar-refractivity contribution in [1.82, 2.24) is 4.98 Å². The van der Waals surface area contributed by atoms with Crippen LogP contribution in [0.3, 0.4) is 0 Å². The predicted molar refractivity (Wildman–Crippen MR) is 71.6 cm³/mol. The Bertz CT molecular complexity index is 460. The van der Waals surface area contributed by atoms with E-state index in [1.54, 1.807) is 0 Å². The maximum absolute atomic E-state index is 5.77. The van der Waals surface area contributed by atoms with Gasteiger partial charge in [-0.2, -0.15) is 4.98 Å². The van der Waals surface area contributed by atoms with Crippen LogP contribution in [0.25, 0.3) is 11.1 Å². The van der Waals surface area contributed by atoms with Crippen molar-refractivity contribution < 1.29 is 4.42 Å². The van der Waals surface area contributed by atoms with Crippen LogP contribution in [0.4, 0.5) is 6.01 Å². The zero-order valence-electron chi connectivity index (χ0n) is 10.2. The average Bonchev–Trinajstić information content (AvgIpc) is 2.69. The molecule has 0 unspecified atom stereocenters. The molecular formula is C13H17ClN2O. The molecule has 92 valence electrons. The second kappa shape index (κ2) is 4.96. The van der Waals surface area contributed by atoms with Crippen molar-refractivity contribution in [2.75, 3.05) is 17.7 Å². The molecule has 0 saturated heterocycles. The summed E-state index contributed by atoms with van der Waals surface area (Å²) < 4.78 is 5.59. The van der Waals surface area contributed by atoms with Crippen molar-refractivity contribution in [3.8, 4) is 0 Å². The first-order chi connectivity index (χ1) is 8.11. The topological polar surface area (TPSA) is 38.1 Å². The maximum atomic E-state index is 5.77. The lowest BCUT2D eigenvalue weighted by atomic mass is 9.90. The van der Waals surface area contributed by atoms with E-state index >= 15 is 0 Å². The molecular weight excluding hydrogens is 236 g/mol. The van der Waals surface area contributed by atoms with Crippen molar-refractivity contribution in [3.63, 3.8) is 0 Å². The summed E-state index contributed by atoms with van der Waals surface area (Å²) in [7, 11) is 0. The summed E-state index contributed by atoms with van der Waals surface area (Å²) in [5.41, 5.74) is 1.83. The minimum Gasteiger partial charge on any atom is -0.424 e. The monoisotopic (exact) mass is 252 g/mol. The van der Waals surface area contributed by atoms with E-state index in [0.717, 1.165) is 24.1 Å². The van der Waals surface area contributed by atoms with Crippen molar-refractivity contribution in [1.29, 1.82) is 0 Å². The number of nitrogens with zero attached hydrogens (tertiary/aromatic N) is 1. The summed E-state index contributed by atoms with van der Waals surface area (Å²) in [5.74, 6) is 0.669. The lowest BCUT2D eigenvalue weighted by molar-refractivity contribution is 0.375. The number of alkyl halides is 1. The van der Waals surface area contributed by atoms with E-state index in [1.165, 1.54) is 0 Å². The van der Waals surface area contributed by atoms with Crippen molar-refractivity contribution in [3.05, 3.63) is 24.3 Å². The molecule has 0 aliphatic carbocycles. The van der Waals surface area contributed by atoms with Gasteiger partial charge in [-0.25, -0.2) is 0 Å². The van der Waals surface area contributed by atoms with E-state index in [0.29, 0.717) is 11.9 Å². The molecule has 0 saturated carbocycles. The molecule has 0 spiro atoms. The Morgan fingerprint density at radius 3 is 2.82 bits per heavy atom. The Kier molecular flexibility index (Phi) is 3.57. The Morgan fingerprint density at radius 2 is 2.12 bits per heavy atom. The molecule has 0 fully saturated rings. The fourth-order valence-corrected chi connectivity index (χ4v) is 2.12. The Balaban J connectivity index is 2.04. The maximum Gasteiger partial charge on any atom is 0.295 e. The molecule has 1 aromatic heterocycles. The molecule has 0 amide bonds. The number of fused-ring (bicyclic) bond motifs is 1. The second-order valence-electron chi connectivity index (χ2n) is 4.94. The van der Waals surface area contributed by atoms with E-state index < -0.39 is 0 Å². The number of anilines is 1. The highest BCUT2D eigenvalue weighted by Gasteiger charge is 2.17.